The van der Waals surface area contributed by atoms with Crippen molar-refractivity contribution in [1.29, 1.82) is 0 Å². The van der Waals surface area contributed by atoms with Gasteiger partial charge in [-0.3, -0.25) is 14.3 Å². The van der Waals surface area contributed by atoms with Crippen molar-refractivity contribution in [2.75, 3.05) is 18.0 Å². The number of para-hydroxylation sites is 1. The number of carbonyl (C=O) groups is 2. The molecule has 2 N–H and O–H groups in total. The molecule has 1 aliphatic rings. The van der Waals surface area contributed by atoms with Crippen LogP contribution in [0.3, 0.4) is 0 Å². The van der Waals surface area contributed by atoms with Crippen LogP contribution in [0.15, 0.2) is 42.6 Å². The van der Waals surface area contributed by atoms with Crippen LogP contribution < -0.4 is 10.2 Å². The molecular weight excluding hydrogens is 308 g/mol. The van der Waals surface area contributed by atoms with Crippen LogP contribution in [0.25, 0.3) is 0 Å². The molecule has 1 aromatic carbocycles. The molecule has 0 bridgehead atoms. The number of rotatable bonds is 5. The minimum Gasteiger partial charge on any atom is -0.372 e. The first-order valence-corrected chi connectivity index (χ1v) is 7.88. The summed E-state index contributed by atoms with van der Waals surface area (Å²) in [5.41, 5.74) is -0.432. The molecule has 2 aromatic rings. The number of benzene rings is 1. The van der Waals surface area contributed by atoms with Crippen molar-refractivity contribution in [2.45, 2.75) is 25.5 Å². The molecule has 1 saturated heterocycles. The Morgan fingerprint density at radius 1 is 1.33 bits per heavy atom. The number of amides is 2. The number of hydrogen-bond acceptors (Lipinski definition) is 4. The maximum absolute atomic E-state index is 12.5. The lowest BCUT2D eigenvalue weighted by Gasteiger charge is -2.21. The smallest absolute Gasteiger partial charge is 0.268 e. The number of hydrogen-bond donors (Lipinski definition) is 2. The van der Waals surface area contributed by atoms with Crippen molar-refractivity contribution in [2.24, 2.45) is 0 Å². The highest BCUT2D eigenvalue weighted by Crippen LogP contribution is 2.28. The van der Waals surface area contributed by atoms with Gasteiger partial charge in [0.25, 0.3) is 11.8 Å². The van der Waals surface area contributed by atoms with E-state index in [0.29, 0.717) is 25.3 Å². The van der Waals surface area contributed by atoms with Gasteiger partial charge in [0, 0.05) is 31.4 Å². The molecule has 0 spiro atoms. The largest absolute Gasteiger partial charge is 0.372 e. The molecule has 24 heavy (non-hydrogen) atoms. The topological polar surface area (TPSA) is 87.5 Å². The van der Waals surface area contributed by atoms with Crippen molar-refractivity contribution >= 4 is 17.5 Å². The maximum atomic E-state index is 12.5. The monoisotopic (exact) mass is 328 g/mol. The van der Waals surface area contributed by atoms with Crippen LogP contribution in [0.5, 0.6) is 0 Å². The molecule has 1 unspecified atom stereocenters. The van der Waals surface area contributed by atoms with Crippen LogP contribution in [0.4, 0.5) is 5.69 Å². The van der Waals surface area contributed by atoms with Crippen LogP contribution in [0.1, 0.15) is 12.1 Å². The number of carbonyl (C=O) groups excluding carboxylic acids is 2. The van der Waals surface area contributed by atoms with Crippen LogP contribution >= 0.6 is 0 Å². The van der Waals surface area contributed by atoms with Gasteiger partial charge in [-0.1, -0.05) is 18.2 Å². The van der Waals surface area contributed by atoms with E-state index >= 15 is 0 Å². The fourth-order valence-corrected chi connectivity index (χ4v) is 2.79. The number of anilines is 1. The van der Waals surface area contributed by atoms with Gasteiger partial charge in [0.15, 0.2) is 0 Å². The molecule has 0 aliphatic carbocycles. The number of aromatic nitrogens is 2. The lowest BCUT2D eigenvalue weighted by molar-refractivity contribution is -0.149. The maximum Gasteiger partial charge on any atom is 0.268 e. The van der Waals surface area contributed by atoms with Gasteiger partial charge in [0.1, 0.15) is 0 Å². The van der Waals surface area contributed by atoms with Crippen molar-refractivity contribution in [3.8, 4) is 0 Å². The van der Waals surface area contributed by atoms with Gasteiger partial charge in [0.05, 0.1) is 12.2 Å². The van der Waals surface area contributed by atoms with E-state index in [4.69, 9.17) is 0 Å². The standard InChI is InChI=1S/C17H20N4O3/c1-13-7-10-20(19-13)12-9-18-15(22)17(24)8-11-21(16(17)23)14-5-3-2-4-6-14/h2-7,10,24H,8-9,11-12H2,1H3,(H,18,22). The Kier molecular flexibility index (Phi) is 4.35. The van der Waals surface area contributed by atoms with E-state index in [0.717, 1.165) is 5.69 Å². The van der Waals surface area contributed by atoms with Gasteiger partial charge < -0.3 is 15.3 Å². The molecule has 1 aromatic heterocycles. The molecule has 1 fully saturated rings. The Morgan fingerprint density at radius 3 is 2.75 bits per heavy atom. The zero-order valence-corrected chi connectivity index (χ0v) is 13.5. The molecule has 2 amide bonds. The number of aryl methyl sites for hydroxylation is 1. The molecular formula is C17H20N4O3. The van der Waals surface area contributed by atoms with Crippen molar-refractivity contribution in [3.63, 3.8) is 0 Å². The lowest BCUT2D eigenvalue weighted by Crippen LogP contribution is -2.53. The second kappa shape index (κ2) is 6.45. The second-order valence-electron chi connectivity index (χ2n) is 5.88. The molecule has 7 heteroatoms. The molecule has 2 heterocycles. The first-order valence-electron chi connectivity index (χ1n) is 7.88. The quantitative estimate of drug-likeness (QED) is 0.782. The van der Waals surface area contributed by atoms with Gasteiger partial charge in [-0.2, -0.15) is 5.10 Å². The predicted octanol–water partition coefficient (Wildman–Crippen LogP) is 0.476. The highest BCUT2D eigenvalue weighted by molar-refractivity contribution is 6.16. The van der Waals surface area contributed by atoms with Gasteiger partial charge in [-0.15, -0.1) is 0 Å². The highest BCUT2D eigenvalue weighted by Gasteiger charge is 2.51. The average molecular weight is 328 g/mol. The van der Waals surface area contributed by atoms with E-state index < -0.39 is 17.4 Å². The zero-order valence-electron chi connectivity index (χ0n) is 13.5. The third-order valence-corrected chi connectivity index (χ3v) is 4.14. The fraction of sp³-hybridized carbons (Fsp3) is 0.353. The van der Waals surface area contributed by atoms with Crippen molar-refractivity contribution in [1.82, 2.24) is 15.1 Å². The van der Waals surface area contributed by atoms with E-state index in [1.54, 1.807) is 16.8 Å². The lowest BCUT2D eigenvalue weighted by atomic mass is 10.0. The molecule has 0 saturated carbocycles. The number of nitrogens with zero attached hydrogens (tertiary/aromatic N) is 3. The summed E-state index contributed by atoms with van der Waals surface area (Å²) >= 11 is 0. The minimum atomic E-state index is -2.00. The molecule has 0 radical (unpaired) electrons. The van der Waals surface area contributed by atoms with Crippen molar-refractivity contribution < 1.29 is 14.7 Å². The van der Waals surface area contributed by atoms with Gasteiger partial charge >= 0.3 is 0 Å². The first-order chi connectivity index (χ1) is 11.5. The summed E-state index contributed by atoms with van der Waals surface area (Å²) in [5, 5.41) is 17.4. The van der Waals surface area contributed by atoms with E-state index in [1.807, 2.05) is 37.4 Å². The van der Waals surface area contributed by atoms with Gasteiger partial charge in [0.2, 0.25) is 5.60 Å². The minimum absolute atomic E-state index is 0.0768. The molecule has 7 nitrogen and oxygen atoms in total. The third kappa shape index (κ3) is 3.03. The van der Waals surface area contributed by atoms with Crippen LogP contribution in [-0.2, 0) is 16.1 Å². The second-order valence-corrected chi connectivity index (χ2v) is 5.88. The first kappa shape index (κ1) is 16.2. The fourth-order valence-electron chi connectivity index (χ4n) is 2.79. The van der Waals surface area contributed by atoms with Crippen molar-refractivity contribution in [3.05, 3.63) is 48.3 Å². The summed E-state index contributed by atoms with van der Waals surface area (Å²) in [5.74, 6) is -1.24. The van der Waals surface area contributed by atoms with E-state index in [2.05, 4.69) is 10.4 Å². The van der Waals surface area contributed by atoms with E-state index in [9.17, 15) is 14.7 Å². The summed E-state index contributed by atoms with van der Waals surface area (Å²) in [6.07, 6.45) is 1.89. The normalized spacial score (nSPS) is 20.4. The van der Waals surface area contributed by atoms with Gasteiger partial charge in [-0.25, -0.2) is 0 Å². The summed E-state index contributed by atoms with van der Waals surface area (Å²) in [7, 11) is 0. The van der Waals surface area contributed by atoms with Gasteiger partial charge in [-0.05, 0) is 25.1 Å². The van der Waals surface area contributed by atoms with Crippen LogP contribution in [0, 0.1) is 6.92 Å². The summed E-state index contributed by atoms with van der Waals surface area (Å²) < 4.78 is 1.70. The van der Waals surface area contributed by atoms with Crippen LogP contribution in [-0.4, -0.2) is 45.4 Å². The Hall–Kier alpha value is -2.67. The Bertz CT molecular complexity index is 743. The summed E-state index contributed by atoms with van der Waals surface area (Å²) in [6.45, 7) is 2.96. The van der Waals surface area contributed by atoms with E-state index in [-0.39, 0.29) is 6.42 Å². The van der Waals surface area contributed by atoms with E-state index in [1.165, 1.54) is 4.90 Å². The highest BCUT2D eigenvalue weighted by atomic mass is 16.3. The number of aliphatic hydroxyl groups is 1. The molecule has 3 rings (SSSR count). The zero-order chi connectivity index (χ0) is 17.2. The van der Waals surface area contributed by atoms with Crippen LogP contribution in [0.2, 0.25) is 0 Å². The Morgan fingerprint density at radius 2 is 2.08 bits per heavy atom. The SMILES string of the molecule is Cc1ccn(CCNC(=O)C2(O)CCN(c3ccccc3)C2=O)n1. The summed E-state index contributed by atoms with van der Waals surface area (Å²) in [4.78, 5) is 26.3. The number of nitrogens with one attached hydrogen (secondary N) is 1. The predicted molar refractivity (Wildman–Crippen MR) is 88.3 cm³/mol. The molecule has 1 atom stereocenters. The molecule has 126 valence electrons. The molecule has 1 aliphatic heterocycles. The Labute approximate surface area is 139 Å². The third-order valence-electron chi connectivity index (χ3n) is 4.14. The summed E-state index contributed by atoms with van der Waals surface area (Å²) in [6, 6.07) is 10.9. The Balaban J connectivity index is 1.61. The average Bonchev–Trinajstić information content (AvgIpc) is 3.13.